The molecule has 0 aliphatic rings. The molecule has 0 heterocycles. The molecule has 0 aliphatic heterocycles. The van der Waals surface area contributed by atoms with Crippen LogP contribution in [0, 0.1) is 0 Å². The molecule has 2 N–H and O–H groups in total. The smallest absolute Gasteiger partial charge is 0.217 e. The van der Waals surface area contributed by atoms with Gasteiger partial charge in [0.15, 0.2) is 0 Å². The normalized spacial score (nSPS) is 9.45. The summed E-state index contributed by atoms with van der Waals surface area (Å²) in [6.07, 6.45) is 5.84. The quantitative estimate of drug-likeness (QED) is 0.443. The number of carbonyl (C=O) groups is 2. The number of aldehydes is 1. The van der Waals surface area contributed by atoms with Crippen LogP contribution in [0.4, 0.5) is 0 Å². The third-order valence-electron chi connectivity index (χ3n) is 1.50. The predicted octanol–water partition coefficient (Wildman–Crippen LogP) is 1.01. The molecule has 0 saturated carbocycles. The molecular formula is C8H15NO2. The molecule has 3 heteroatoms. The molecule has 0 aliphatic carbocycles. The molecule has 0 unspecified atom stereocenters. The van der Waals surface area contributed by atoms with E-state index in [0.29, 0.717) is 12.8 Å². The van der Waals surface area contributed by atoms with E-state index in [1.807, 2.05) is 0 Å². The van der Waals surface area contributed by atoms with Crippen molar-refractivity contribution in [1.82, 2.24) is 0 Å². The van der Waals surface area contributed by atoms with Crippen molar-refractivity contribution in [3.05, 3.63) is 0 Å². The second kappa shape index (κ2) is 7.25. The molecule has 11 heavy (non-hydrogen) atoms. The number of amides is 1. The van der Waals surface area contributed by atoms with Crippen LogP contribution in [0.3, 0.4) is 0 Å². The highest BCUT2D eigenvalue weighted by molar-refractivity contribution is 5.73. The van der Waals surface area contributed by atoms with Crippen LogP contribution in [-0.4, -0.2) is 12.2 Å². The van der Waals surface area contributed by atoms with Crippen molar-refractivity contribution in [3.8, 4) is 0 Å². The van der Waals surface area contributed by atoms with Crippen molar-refractivity contribution < 1.29 is 9.59 Å². The largest absolute Gasteiger partial charge is 0.370 e. The number of rotatable bonds is 7. The molecular weight excluding hydrogens is 142 g/mol. The van der Waals surface area contributed by atoms with Gasteiger partial charge in [0.25, 0.3) is 0 Å². The van der Waals surface area contributed by atoms with E-state index in [4.69, 9.17) is 5.73 Å². The SMILES string of the molecule is NC(=O)CCCCCCC=O. The van der Waals surface area contributed by atoms with Crippen molar-refractivity contribution in [2.24, 2.45) is 5.73 Å². The first kappa shape index (κ1) is 10.1. The van der Waals surface area contributed by atoms with E-state index in [2.05, 4.69) is 0 Å². The molecule has 0 saturated heterocycles. The van der Waals surface area contributed by atoms with E-state index in [1.54, 1.807) is 0 Å². The van der Waals surface area contributed by atoms with Gasteiger partial charge in [0.1, 0.15) is 6.29 Å². The molecule has 0 aromatic heterocycles. The number of nitrogens with two attached hydrogens (primary N) is 1. The topological polar surface area (TPSA) is 60.2 Å². The Labute approximate surface area is 67.0 Å². The van der Waals surface area contributed by atoms with Crippen LogP contribution in [0.5, 0.6) is 0 Å². The fourth-order valence-electron chi connectivity index (χ4n) is 0.880. The molecule has 0 aromatic rings. The zero-order valence-electron chi connectivity index (χ0n) is 6.71. The van der Waals surface area contributed by atoms with Crippen molar-refractivity contribution in [1.29, 1.82) is 0 Å². The van der Waals surface area contributed by atoms with E-state index in [1.165, 1.54) is 0 Å². The number of unbranched alkanes of at least 4 members (excludes halogenated alkanes) is 4. The van der Waals surface area contributed by atoms with E-state index in [9.17, 15) is 9.59 Å². The van der Waals surface area contributed by atoms with Gasteiger partial charge in [-0.3, -0.25) is 4.79 Å². The van der Waals surface area contributed by atoms with Gasteiger partial charge in [-0.1, -0.05) is 12.8 Å². The Morgan fingerprint density at radius 2 is 1.82 bits per heavy atom. The zero-order chi connectivity index (χ0) is 8.53. The summed E-state index contributed by atoms with van der Waals surface area (Å²) in [5.41, 5.74) is 4.94. The lowest BCUT2D eigenvalue weighted by Crippen LogP contribution is -2.09. The summed E-state index contributed by atoms with van der Waals surface area (Å²) in [7, 11) is 0. The summed E-state index contributed by atoms with van der Waals surface area (Å²) >= 11 is 0. The Bertz CT molecular complexity index is 123. The third-order valence-corrected chi connectivity index (χ3v) is 1.50. The fraction of sp³-hybridized carbons (Fsp3) is 0.750. The van der Waals surface area contributed by atoms with Crippen LogP contribution in [0.1, 0.15) is 38.5 Å². The highest BCUT2D eigenvalue weighted by Crippen LogP contribution is 2.03. The lowest BCUT2D eigenvalue weighted by atomic mass is 10.1. The minimum atomic E-state index is -0.236. The summed E-state index contributed by atoms with van der Waals surface area (Å²) < 4.78 is 0. The summed E-state index contributed by atoms with van der Waals surface area (Å²) in [6.45, 7) is 0. The molecule has 0 bridgehead atoms. The average molecular weight is 157 g/mol. The molecule has 0 spiro atoms. The lowest BCUT2D eigenvalue weighted by molar-refractivity contribution is -0.118. The minimum absolute atomic E-state index is 0.236. The van der Waals surface area contributed by atoms with Gasteiger partial charge in [-0.05, 0) is 12.8 Å². The summed E-state index contributed by atoms with van der Waals surface area (Å²) in [6, 6.07) is 0. The molecule has 64 valence electrons. The number of hydrogen-bond acceptors (Lipinski definition) is 2. The Morgan fingerprint density at radius 3 is 2.36 bits per heavy atom. The van der Waals surface area contributed by atoms with Gasteiger partial charge >= 0.3 is 0 Å². The maximum atomic E-state index is 10.3. The van der Waals surface area contributed by atoms with Gasteiger partial charge in [0.05, 0.1) is 0 Å². The maximum Gasteiger partial charge on any atom is 0.217 e. The third kappa shape index (κ3) is 9.14. The van der Waals surface area contributed by atoms with Crippen molar-refractivity contribution in [2.45, 2.75) is 38.5 Å². The lowest BCUT2D eigenvalue weighted by Gasteiger charge is -1.95. The summed E-state index contributed by atoms with van der Waals surface area (Å²) in [4.78, 5) is 20.1. The van der Waals surface area contributed by atoms with E-state index in [-0.39, 0.29) is 5.91 Å². The zero-order valence-corrected chi connectivity index (χ0v) is 6.71. The van der Waals surface area contributed by atoms with Crippen molar-refractivity contribution >= 4 is 12.2 Å². The molecule has 0 fully saturated rings. The van der Waals surface area contributed by atoms with Crippen LogP contribution < -0.4 is 5.73 Å². The van der Waals surface area contributed by atoms with E-state index in [0.717, 1.165) is 32.0 Å². The van der Waals surface area contributed by atoms with Crippen LogP contribution in [0.2, 0.25) is 0 Å². The Morgan fingerprint density at radius 1 is 1.18 bits per heavy atom. The summed E-state index contributed by atoms with van der Waals surface area (Å²) in [5.74, 6) is -0.236. The van der Waals surface area contributed by atoms with Gasteiger partial charge in [-0.25, -0.2) is 0 Å². The van der Waals surface area contributed by atoms with Gasteiger partial charge in [-0.15, -0.1) is 0 Å². The number of carbonyl (C=O) groups excluding carboxylic acids is 2. The highest BCUT2D eigenvalue weighted by Gasteiger charge is 1.93. The molecule has 0 aromatic carbocycles. The molecule has 1 amide bonds. The first-order valence-corrected chi connectivity index (χ1v) is 3.99. The first-order chi connectivity index (χ1) is 5.27. The van der Waals surface area contributed by atoms with Crippen LogP contribution in [-0.2, 0) is 9.59 Å². The molecule has 0 rings (SSSR count). The van der Waals surface area contributed by atoms with Crippen LogP contribution >= 0.6 is 0 Å². The highest BCUT2D eigenvalue weighted by atomic mass is 16.1. The fourth-order valence-corrected chi connectivity index (χ4v) is 0.880. The van der Waals surface area contributed by atoms with Crippen molar-refractivity contribution in [3.63, 3.8) is 0 Å². The Hall–Kier alpha value is -0.860. The van der Waals surface area contributed by atoms with Gasteiger partial charge in [-0.2, -0.15) is 0 Å². The van der Waals surface area contributed by atoms with E-state index >= 15 is 0 Å². The number of primary amides is 1. The van der Waals surface area contributed by atoms with Gasteiger partial charge in [0, 0.05) is 12.8 Å². The van der Waals surface area contributed by atoms with Gasteiger partial charge < -0.3 is 10.5 Å². The second-order valence-electron chi connectivity index (χ2n) is 2.59. The molecule has 0 atom stereocenters. The second-order valence-corrected chi connectivity index (χ2v) is 2.59. The monoisotopic (exact) mass is 157 g/mol. The predicted molar refractivity (Wildman–Crippen MR) is 43.0 cm³/mol. The molecule has 3 nitrogen and oxygen atoms in total. The average Bonchev–Trinajstić information content (AvgIpc) is 1.96. The first-order valence-electron chi connectivity index (χ1n) is 3.99. The van der Waals surface area contributed by atoms with Crippen molar-refractivity contribution in [2.75, 3.05) is 0 Å². The maximum absolute atomic E-state index is 10.3. The Balaban J connectivity index is 2.90. The van der Waals surface area contributed by atoms with E-state index < -0.39 is 0 Å². The van der Waals surface area contributed by atoms with Crippen LogP contribution in [0.25, 0.3) is 0 Å². The number of hydrogen-bond donors (Lipinski definition) is 1. The standard InChI is InChI=1S/C8H15NO2/c9-8(11)6-4-2-1-3-5-7-10/h7H,1-6H2,(H2,9,11). The summed E-state index contributed by atoms with van der Waals surface area (Å²) in [5, 5.41) is 0. The van der Waals surface area contributed by atoms with Gasteiger partial charge in [0.2, 0.25) is 5.91 Å². The minimum Gasteiger partial charge on any atom is -0.370 e. The Kier molecular flexibility index (Phi) is 6.68. The van der Waals surface area contributed by atoms with Crippen LogP contribution in [0.15, 0.2) is 0 Å². The molecule has 0 radical (unpaired) electrons.